The molecule has 2 N–H and O–H groups in total. The fourth-order valence-corrected chi connectivity index (χ4v) is 3.10. The Labute approximate surface area is 128 Å². The van der Waals surface area contributed by atoms with E-state index in [2.05, 4.69) is 37.1 Å². The molecular formula is C17H28N2O2. The first-order chi connectivity index (χ1) is 10.1. The molecule has 0 spiro atoms. The van der Waals surface area contributed by atoms with Gasteiger partial charge in [-0.15, -0.1) is 0 Å². The van der Waals surface area contributed by atoms with Crippen LogP contribution in [-0.4, -0.2) is 38.0 Å². The lowest BCUT2D eigenvalue weighted by Crippen LogP contribution is -2.43. The number of ether oxygens (including phenoxy) is 1. The third-order valence-corrected chi connectivity index (χ3v) is 4.47. The van der Waals surface area contributed by atoms with Crippen molar-refractivity contribution in [2.45, 2.75) is 39.3 Å². The Morgan fingerprint density at radius 3 is 2.86 bits per heavy atom. The first kappa shape index (κ1) is 16.1. The smallest absolute Gasteiger partial charge is 0.125 e. The molecule has 4 heteroatoms. The Balaban J connectivity index is 2.34. The van der Waals surface area contributed by atoms with Crippen LogP contribution in [0.25, 0.3) is 0 Å². The van der Waals surface area contributed by atoms with Gasteiger partial charge >= 0.3 is 0 Å². The van der Waals surface area contributed by atoms with Gasteiger partial charge < -0.3 is 20.1 Å². The van der Waals surface area contributed by atoms with E-state index in [9.17, 15) is 5.11 Å². The van der Waals surface area contributed by atoms with Crippen LogP contribution in [0.5, 0.6) is 5.75 Å². The molecule has 0 aliphatic carbocycles. The van der Waals surface area contributed by atoms with E-state index in [4.69, 9.17) is 4.74 Å². The Bertz CT molecular complexity index is 464. The van der Waals surface area contributed by atoms with Crippen LogP contribution >= 0.6 is 0 Å². The van der Waals surface area contributed by atoms with Gasteiger partial charge in [0.25, 0.3) is 0 Å². The highest BCUT2D eigenvalue weighted by atomic mass is 16.5. The molecule has 21 heavy (non-hydrogen) atoms. The fourth-order valence-electron chi connectivity index (χ4n) is 3.10. The van der Waals surface area contributed by atoms with Crippen molar-refractivity contribution in [3.05, 3.63) is 23.8 Å². The van der Waals surface area contributed by atoms with Gasteiger partial charge in [0.05, 0.1) is 13.2 Å². The molecule has 2 rings (SSSR count). The molecule has 0 radical (unpaired) electrons. The normalized spacial score (nSPS) is 24.0. The highest BCUT2D eigenvalue weighted by Gasteiger charge is 2.27. The van der Waals surface area contributed by atoms with E-state index >= 15 is 0 Å². The maximum atomic E-state index is 10.2. The van der Waals surface area contributed by atoms with Gasteiger partial charge in [0.1, 0.15) is 5.75 Å². The van der Waals surface area contributed by atoms with Gasteiger partial charge in [-0.3, -0.25) is 0 Å². The number of rotatable bonds is 5. The zero-order valence-electron chi connectivity index (χ0n) is 13.6. The summed E-state index contributed by atoms with van der Waals surface area (Å²) < 4.78 is 5.56. The summed E-state index contributed by atoms with van der Waals surface area (Å²) in [4.78, 5) is 2.29. The van der Waals surface area contributed by atoms with Crippen molar-refractivity contribution in [3.63, 3.8) is 0 Å². The first-order valence-corrected chi connectivity index (χ1v) is 7.91. The van der Waals surface area contributed by atoms with Gasteiger partial charge in [0.2, 0.25) is 0 Å². The number of benzene rings is 1. The third kappa shape index (κ3) is 3.50. The molecule has 0 saturated carbocycles. The van der Waals surface area contributed by atoms with E-state index in [0.29, 0.717) is 12.5 Å². The number of methoxy groups -OCH3 is 1. The predicted octanol–water partition coefficient (Wildman–Crippen LogP) is 2.57. The third-order valence-electron chi connectivity index (χ3n) is 4.47. The highest BCUT2D eigenvalue weighted by molar-refractivity contribution is 5.61. The Morgan fingerprint density at radius 1 is 1.48 bits per heavy atom. The molecule has 3 unspecified atom stereocenters. The van der Waals surface area contributed by atoms with Crippen molar-refractivity contribution >= 4 is 5.69 Å². The zero-order valence-corrected chi connectivity index (χ0v) is 13.6. The van der Waals surface area contributed by atoms with Crippen LogP contribution in [-0.2, 0) is 0 Å². The molecule has 118 valence electrons. The maximum absolute atomic E-state index is 10.2. The molecule has 0 aromatic heterocycles. The number of hydrogen-bond donors (Lipinski definition) is 2. The second kappa shape index (κ2) is 7.14. The number of anilines is 1. The van der Waals surface area contributed by atoms with Crippen LogP contribution in [0.3, 0.4) is 0 Å². The molecule has 0 amide bonds. The quantitative estimate of drug-likeness (QED) is 0.875. The first-order valence-electron chi connectivity index (χ1n) is 7.91. The average molecular weight is 292 g/mol. The zero-order chi connectivity index (χ0) is 15.4. The molecule has 1 aliphatic heterocycles. The summed E-state index contributed by atoms with van der Waals surface area (Å²) in [7, 11) is 1.72. The summed E-state index contributed by atoms with van der Waals surface area (Å²) in [5, 5.41) is 13.6. The summed E-state index contributed by atoms with van der Waals surface area (Å²) in [5.74, 6) is 1.29. The number of hydrogen-bond acceptors (Lipinski definition) is 4. The van der Waals surface area contributed by atoms with E-state index in [1.165, 1.54) is 11.3 Å². The van der Waals surface area contributed by atoms with Gasteiger partial charge in [-0.05, 0) is 37.9 Å². The Kier molecular flexibility index (Phi) is 5.48. The lowest BCUT2D eigenvalue weighted by molar-refractivity contribution is 0.103. The van der Waals surface area contributed by atoms with Crippen molar-refractivity contribution in [1.82, 2.24) is 5.32 Å². The molecule has 1 saturated heterocycles. The van der Waals surface area contributed by atoms with Crippen molar-refractivity contribution < 1.29 is 9.84 Å². The molecule has 3 atom stereocenters. The summed E-state index contributed by atoms with van der Waals surface area (Å²) in [6, 6.07) is 6.39. The van der Waals surface area contributed by atoms with Crippen molar-refractivity contribution in [3.8, 4) is 5.75 Å². The second-order valence-electron chi connectivity index (χ2n) is 5.95. The number of aliphatic hydroxyl groups excluding tert-OH is 1. The van der Waals surface area contributed by atoms with Crippen LogP contribution < -0.4 is 15.0 Å². The molecule has 1 heterocycles. The van der Waals surface area contributed by atoms with E-state index < -0.39 is 0 Å². The van der Waals surface area contributed by atoms with Crippen molar-refractivity contribution in [2.75, 3.05) is 31.6 Å². The van der Waals surface area contributed by atoms with E-state index in [1.54, 1.807) is 7.11 Å². The highest BCUT2D eigenvalue weighted by Crippen LogP contribution is 2.36. The van der Waals surface area contributed by atoms with Gasteiger partial charge in [-0.2, -0.15) is 0 Å². The van der Waals surface area contributed by atoms with Crippen LogP contribution in [0.15, 0.2) is 18.2 Å². The lowest BCUT2D eigenvalue weighted by Gasteiger charge is -2.37. The summed E-state index contributed by atoms with van der Waals surface area (Å²) in [6.07, 6.45) is 0.764. The van der Waals surface area contributed by atoms with E-state index in [-0.39, 0.29) is 12.1 Å². The number of piperidine rings is 1. The molecule has 1 fully saturated rings. The van der Waals surface area contributed by atoms with Gasteiger partial charge in [0.15, 0.2) is 0 Å². The Hall–Kier alpha value is -1.26. The van der Waals surface area contributed by atoms with Crippen molar-refractivity contribution in [2.24, 2.45) is 5.92 Å². The predicted molar refractivity (Wildman–Crippen MR) is 87.1 cm³/mol. The number of β-amino-alcohol motifs (C(OH)–C–C–N with tert-alkyl or cyclic N) is 1. The number of aliphatic hydroxyl groups is 1. The summed E-state index contributed by atoms with van der Waals surface area (Å²) in [5.41, 5.74) is 2.36. The molecule has 1 aliphatic rings. The monoisotopic (exact) mass is 292 g/mol. The standard InChI is InChI=1S/C17H28N2O2/c1-5-18-13(3)17-14(7-6-8-16(17)21-4)19-10-9-12(2)15(20)11-19/h6-8,12-13,15,18,20H,5,9-11H2,1-4H3. The maximum Gasteiger partial charge on any atom is 0.125 e. The van der Waals surface area contributed by atoms with Crippen molar-refractivity contribution in [1.29, 1.82) is 0 Å². The summed E-state index contributed by atoms with van der Waals surface area (Å²) in [6.45, 7) is 8.98. The van der Waals surface area contributed by atoms with Crippen LogP contribution in [0.1, 0.15) is 38.8 Å². The Morgan fingerprint density at radius 2 is 2.24 bits per heavy atom. The molecular weight excluding hydrogens is 264 g/mol. The lowest BCUT2D eigenvalue weighted by atomic mass is 9.94. The van der Waals surface area contributed by atoms with Crippen LogP contribution in [0.2, 0.25) is 0 Å². The van der Waals surface area contributed by atoms with Crippen LogP contribution in [0, 0.1) is 5.92 Å². The fraction of sp³-hybridized carbons (Fsp3) is 0.647. The van der Waals surface area contributed by atoms with Gasteiger partial charge in [-0.1, -0.05) is 19.9 Å². The average Bonchev–Trinajstić information content (AvgIpc) is 2.49. The molecule has 1 aromatic rings. The topological polar surface area (TPSA) is 44.7 Å². The molecule has 1 aromatic carbocycles. The van der Waals surface area contributed by atoms with Gasteiger partial charge in [-0.25, -0.2) is 0 Å². The van der Waals surface area contributed by atoms with Gasteiger partial charge in [0, 0.05) is 30.4 Å². The molecule has 4 nitrogen and oxygen atoms in total. The SMILES string of the molecule is CCNC(C)c1c(OC)cccc1N1CCC(C)C(O)C1. The minimum atomic E-state index is -0.257. The number of nitrogens with one attached hydrogen (secondary N) is 1. The van der Waals surface area contributed by atoms with Crippen LogP contribution in [0.4, 0.5) is 5.69 Å². The van der Waals surface area contributed by atoms with E-state index in [1.807, 2.05) is 12.1 Å². The van der Waals surface area contributed by atoms with E-state index in [0.717, 1.165) is 25.3 Å². The number of nitrogens with zero attached hydrogens (tertiary/aromatic N) is 1. The minimum absolute atomic E-state index is 0.220. The summed E-state index contributed by atoms with van der Waals surface area (Å²) >= 11 is 0. The second-order valence-corrected chi connectivity index (χ2v) is 5.95. The largest absolute Gasteiger partial charge is 0.496 e. The molecule has 0 bridgehead atoms. The minimum Gasteiger partial charge on any atom is -0.496 e.